The van der Waals surface area contributed by atoms with Crippen molar-refractivity contribution in [2.45, 2.75) is 65.2 Å². The number of phenolic OH excluding ortho intramolecular Hbond substituents is 1. The third-order valence-electron chi connectivity index (χ3n) is 5.46. The van der Waals surface area contributed by atoms with Crippen LogP contribution in [0.4, 0.5) is 0 Å². The summed E-state index contributed by atoms with van der Waals surface area (Å²) in [6.07, 6.45) is 11.5. The number of unbranched alkanes of at least 4 members (excludes halogenated alkanes) is 2. The minimum absolute atomic E-state index is 0.333. The number of hydrogen-bond donors (Lipinski definition) is 1. The maximum atomic E-state index is 10.8. The van der Waals surface area contributed by atoms with Crippen LogP contribution in [0, 0.1) is 19.8 Å². The summed E-state index contributed by atoms with van der Waals surface area (Å²) >= 11 is 0. The van der Waals surface area contributed by atoms with Gasteiger partial charge in [0.15, 0.2) is 0 Å². The average Bonchev–Trinajstić information content (AvgIpc) is 2.55. The Labute approximate surface area is 134 Å². The smallest absolute Gasteiger partial charge is 0.130 e. The van der Waals surface area contributed by atoms with E-state index in [-0.39, 0.29) is 0 Å². The van der Waals surface area contributed by atoms with Gasteiger partial charge < -0.3 is 9.84 Å². The lowest BCUT2D eigenvalue weighted by molar-refractivity contribution is 0.191. The van der Waals surface area contributed by atoms with Gasteiger partial charge in [0, 0.05) is 17.4 Å². The zero-order chi connectivity index (χ0) is 15.7. The van der Waals surface area contributed by atoms with Gasteiger partial charge in [-0.25, -0.2) is 0 Å². The van der Waals surface area contributed by atoms with Crippen LogP contribution in [0.15, 0.2) is 12.2 Å². The Morgan fingerprint density at radius 2 is 2.05 bits per heavy atom. The fourth-order valence-corrected chi connectivity index (χ4v) is 4.09. The summed E-state index contributed by atoms with van der Waals surface area (Å²) in [5, 5.41) is 10.8. The molecule has 0 radical (unpaired) electrons. The van der Waals surface area contributed by atoms with Gasteiger partial charge in [-0.3, -0.25) is 0 Å². The first kappa shape index (κ1) is 15.5. The van der Waals surface area contributed by atoms with E-state index in [4.69, 9.17) is 4.74 Å². The Morgan fingerprint density at radius 1 is 1.23 bits per heavy atom. The second-order valence-corrected chi connectivity index (χ2v) is 6.88. The standard InChI is InChI=1S/C20H28O2/c1-4-5-6-10-16-13(2)19(21)18-17-11-8-7-9-15(17)12-22-20(18)14(16)3/h8,11,15,17,21H,4-7,9-10,12H2,1-3H3. The number of hydrogen-bond acceptors (Lipinski definition) is 2. The molecule has 0 saturated heterocycles. The van der Waals surface area contributed by atoms with E-state index in [0.29, 0.717) is 17.6 Å². The van der Waals surface area contributed by atoms with Crippen molar-refractivity contribution in [2.75, 3.05) is 6.61 Å². The Balaban J connectivity index is 2.03. The van der Waals surface area contributed by atoms with Crippen molar-refractivity contribution in [3.05, 3.63) is 34.4 Å². The molecule has 1 N–H and O–H groups in total. The van der Waals surface area contributed by atoms with Crippen LogP contribution in [0.25, 0.3) is 0 Å². The van der Waals surface area contributed by atoms with Crippen molar-refractivity contribution in [3.63, 3.8) is 0 Å². The quantitative estimate of drug-likeness (QED) is 0.613. The molecular weight excluding hydrogens is 272 g/mol. The molecule has 1 aliphatic heterocycles. The molecule has 2 heteroatoms. The van der Waals surface area contributed by atoms with Crippen LogP contribution < -0.4 is 4.74 Å². The summed E-state index contributed by atoms with van der Waals surface area (Å²) in [6.45, 7) is 7.25. The number of benzene rings is 1. The summed E-state index contributed by atoms with van der Waals surface area (Å²) in [7, 11) is 0. The van der Waals surface area contributed by atoms with Gasteiger partial charge in [0.25, 0.3) is 0 Å². The molecule has 1 aliphatic carbocycles. The fraction of sp³-hybridized carbons (Fsp3) is 0.600. The van der Waals surface area contributed by atoms with Crippen LogP contribution in [-0.4, -0.2) is 11.7 Å². The van der Waals surface area contributed by atoms with Crippen molar-refractivity contribution >= 4 is 0 Å². The maximum absolute atomic E-state index is 10.8. The summed E-state index contributed by atoms with van der Waals surface area (Å²) in [6, 6.07) is 0. The molecular formula is C20H28O2. The Kier molecular flexibility index (Phi) is 4.46. The van der Waals surface area contributed by atoms with E-state index in [0.717, 1.165) is 42.7 Å². The van der Waals surface area contributed by atoms with Gasteiger partial charge in [-0.05, 0) is 56.2 Å². The highest BCUT2D eigenvalue weighted by Crippen LogP contribution is 2.50. The van der Waals surface area contributed by atoms with Gasteiger partial charge in [-0.1, -0.05) is 31.9 Å². The summed E-state index contributed by atoms with van der Waals surface area (Å²) in [5.41, 5.74) is 4.65. The lowest BCUT2D eigenvalue weighted by atomic mass is 9.76. The van der Waals surface area contributed by atoms with E-state index >= 15 is 0 Å². The van der Waals surface area contributed by atoms with E-state index < -0.39 is 0 Å². The number of phenols is 1. The van der Waals surface area contributed by atoms with Crippen molar-refractivity contribution < 1.29 is 9.84 Å². The van der Waals surface area contributed by atoms with E-state index in [1.54, 1.807) is 0 Å². The first-order valence-electron chi connectivity index (χ1n) is 8.79. The highest BCUT2D eigenvalue weighted by Gasteiger charge is 2.35. The number of ether oxygens (including phenoxy) is 1. The van der Waals surface area contributed by atoms with E-state index in [1.807, 2.05) is 0 Å². The first-order valence-corrected chi connectivity index (χ1v) is 8.79. The third kappa shape index (κ3) is 2.53. The molecule has 0 fully saturated rings. The minimum Gasteiger partial charge on any atom is -0.507 e. The number of rotatable bonds is 4. The van der Waals surface area contributed by atoms with Crippen LogP contribution in [0.3, 0.4) is 0 Å². The molecule has 2 aliphatic rings. The fourth-order valence-electron chi connectivity index (χ4n) is 4.09. The molecule has 0 amide bonds. The zero-order valence-electron chi connectivity index (χ0n) is 14.1. The first-order chi connectivity index (χ1) is 10.6. The molecule has 0 spiro atoms. The summed E-state index contributed by atoms with van der Waals surface area (Å²) < 4.78 is 6.11. The maximum Gasteiger partial charge on any atom is 0.130 e. The van der Waals surface area contributed by atoms with Gasteiger partial charge in [0.1, 0.15) is 11.5 Å². The Morgan fingerprint density at radius 3 is 2.82 bits per heavy atom. The van der Waals surface area contributed by atoms with Crippen LogP contribution in [-0.2, 0) is 6.42 Å². The van der Waals surface area contributed by atoms with Gasteiger partial charge >= 0.3 is 0 Å². The normalized spacial score (nSPS) is 22.9. The molecule has 3 rings (SSSR count). The van der Waals surface area contributed by atoms with Crippen LogP contribution >= 0.6 is 0 Å². The van der Waals surface area contributed by atoms with Crippen LogP contribution in [0.5, 0.6) is 11.5 Å². The van der Waals surface area contributed by atoms with Gasteiger partial charge in [-0.2, -0.15) is 0 Å². The molecule has 0 bridgehead atoms. The number of aromatic hydroxyl groups is 1. The molecule has 0 aromatic heterocycles. The summed E-state index contributed by atoms with van der Waals surface area (Å²) in [4.78, 5) is 0. The van der Waals surface area contributed by atoms with Gasteiger partial charge in [0.2, 0.25) is 0 Å². The highest BCUT2D eigenvalue weighted by molar-refractivity contribution is 5.61. The van der Waals surface area contributed by atoms with Crippen molar-refractivity contribution in [3.8, 4) is 11.5 Å². The average molecular weight is 300 g/mol. The molecule has 1 aromatic rings. The second-order valence-electron chi connectivity index (χ2n) is 6.88. The lowest BCUT2D eigenvalue weighted by Crippen LogP contribution is -2.27. The van der Waals surface area contributed by atoms with Crippen molar-refractivity contribution in [2.24, 2.45) is 5.92 Å². The van der Waals surface area contributed by atoms with Gasteiger partial charge in [0.05, 0.1) is 6.61 Å². The molecule has 22 heavy (non-hydrogen) atoms. The molecule has 2 unspecified atom stereocenters. The number of fused-ring (bicyclic) bond motifs is 3. The molecule has 120 valence electrons. The predicted molar refractivity (Wildman–Crippen MR) is 90.9 cm³/mol. The van der Waals surface area contributed by atoms with Crippen molar-refractivity contribution in [1.82, 2.24) is 0 Å². The highest BCUT2D eigenvalue weighted by atomic mass is 16.5. The lowest BCUT2D eigenvalue weighted by Gasteiger charge is -2.36. The van der Waals surface area contributed by atoms with Gasteiger partial charge in [-0.15, -0.1) is 0 Å². The van der Waals surface area contributed by atoms with E-state index in [2.05, 4.69) is 32.9 Å². The predicted octanol–water partition coefficient (Wildman–Crippen LogP) is 5.18. The molecule has 0 saturated carbocycles. The summed E-state index contributed by atoms with van der Waals surface area (Å²) in [5.74, 6) is 2.29. The molecule has 1 aromatic carbocycles. The Hall–Kier alpha value is -1.44. The SMILES string of the molecule is CCCCCc1c(C)c(O)c2c(c1C)OCC1CCC=CC21. The largest absolute Gasteiger partial charge is 0.507 e. The van der Waals surface area contributed by atoms with E-state index in [1.165, 1.54) is 30.4 Å². The second kappa shape index (κ2) is 6.36. The van der Waals surface area contributed by atoms with Crippen LogP contribution in [0.2, 0.25) is 0 Å². The molecule has 2 atom stereocenters. The molecule has 2 nitrogen and oxygen atoms in total. The third-order valence-corrected chi connectivity index (χ3v) is 5.46. The minimum atomic E-state index is 0.333. The molecule has 1 heterocycles. The number of allylic oxidation sites excluding steroid dienone is 2. The Bertz CT molecular complexity index is 586. The monoisotopic (exact) mass is 300 g/mol. The van der Waals surface area contributed by atoms with Crippen molar-refractivity contribution in [1.29, 1.82) is 0 Å². The topological polar surface area (TPSA) is 29.5 Å². The van der Waals surface area contributed by atoms with Crippen LogP contribution in [0.1, 0.15) is 67.2 Å². The zero-order valence-corrected chi connectivity index (χ0v) is 14.1. The van der Waals surface area contributed by atoms with E-state index in [9.17, 15) is 5.11 Å².